The average molecular weight is 628 g/mol. The molecular weight excluding hydrogens is 583 g/mol. The Kier molecular flexibility index (Phi) is 13.8. The van der Waals surface area contributed by atoms with Gasteiger partial charge in [0.25, 0.3) is 0 Å². The summed E-state index contributed by atoms with van der Waals surface area (Å²) in [6, 6.07) is 27.2. The molecule has 0 spiro atoms. The highest BCUT2D eigenvalue weighted by atomic mass is 35.5. The van der Waals surface area contributed by atoms with Crippen LogP contribution in [0.3, 0.4) is 0 Å². The second-order valence-corrected chi connectivity index (χ2v) is 13.0. The Balaban J connectivity index is 0.000000465. The Morgan fingerprint density at radius 3 is 2.05 bits per heavy atom. The van der Waals surface area contributed by atoms with E-state index in [0.717, 1.165) is 41.8 Å². The van der Waals surface area contributed by atoms with E-state index < -0.39 is 16.4 Å². The molecule has 42 heavy (non-hydrogen) atoms. The summed E-state index contributed by atoms with van der Waals surface area (Å²) in [7, 11) is -1.20. The number of rotatable bonds is 10. The van der Waals surface area contributed by atoms with Gasteiger partial charge in [-0.1, -0.05) is 111 Å². The van der Waals surface area contributed by atoms with Crippen LogP contribution in [0, 0.1) is 11.3 Å². The number of amides is 1. The molecule has 1 saturated heterocycles. The predicted molar refractivity (Wildman–Crippen MR) is 179 cm³/mol. The molecule has 1 aliphatic heterocycles. The smallest absolute Gasteiger partial charge is 0.229 e. The molecule has 226 valence electrons. The molecule has 5 rings (SSSR count). The predicted octanol–water partition coefficient (Wildman–Crippen LogP) is 9.18. The highest BCUT2D eigenvalue weighted by molar-refractivity contribution is 7.82. The van der Waals surface area contributed by atoms with E-state index in [1.165, 1.54) is 0 Å². The van der Waals surface area contributed by atoms with Gasteiger partial charge in [-0.3, -0.25) is 4.79 Å². The molecule has 4 nitrogen and oxygen atoms in total. The summed E-state index contributed by atoms with van der Waals surface area (Å²) in [6.45, 7) is 10.5. The van der Waals surface area contributed by atoms with Crippen LogP contribution in [0.4, 0.5) is 0 Å². The molecule has 1 saturated carbocycles. The molecule has 2 unspecified atom stereocenters. The molecule has 1 N–H and O–H groups in total. The van der Waals surface area contributed by atoms with Crippen LogP contribution >= 0.6 is 23.2 Å². The molecule has 1 aliphatic carbocycles. The molecule has 3 aromatic carbocycles. The number of nitrogens with one attached hydrogen (secondary N) is 1. The summed E-state index contributed by atoms with van der Waals surface area (Å²) < 4.78 is 16.1. The Morgan fingerprint density at radius 2 is 1.52 bits per heavy atom. The summed E-state index contributed by atoms with van der Waals surface area (Å²) in [5, 5.41) is 1.49. The zero-order valence-electron chi connectivity index (χ0n) is 25.0. The van der Waals surface area contributed by atoms with Gasteiger partial charge in [-0.25, -0.2) is 8.93 Å². The largest absolute Gasteiger partial charge is 0.331 e. The number of likely N-dealkylation sites (tertiary alicyclic amines) is 1. The molecular formula is C35H44Cl2N2O2S. The first-order chi connectivity index (χ1) is 20.3. The molecule has 1 amide bonds. The molecule has 7 heteroatoms. The molecule has 0 radical (unpaired) electrons. The average Bonchev–Trinajstić information content (AvgIpc) is 3.84. The topological polar surface area (TPSA) is 49.4 Å². The highest BCUT2D eigenvalue weighted by Crippen LogP contribution is 2.47. The van der Waals surface area contributed by atoms with Gasteiger partial charge in [-0.15, -0.1) is 6.58 Å². The van der Waals surface area contributed by atoms with E-state index >= 15 is 0 Å². The number of piperidine rings is 1. The number of nitrogens with zero attached hydrogens (tertiary/aromatic N) is 1. The molecule has 1 heterocycles. The van der Waals surface area contributed by atoms with Gasteiger partial charge in [0.15, 0.2) is 0 Å². The number of carbonyl (C=O) groups excluding carboxylic acids is 1. The number of carbonyl (C=O) groups is 1. The number of hydrogen-bond donors (Lipinski definition) is 1. The molecule has 4 atom stereocenters. The van der Waals surface area contributed by atoms with Crippen molar-refractivity contribution in [1.29, 1.82) is 0 Å². The molecule has 2 aliphatic rings. The Bertz CT molecular complexity index is 1270. The van der Waals surface area contributed by atoms with E-state index in [0.29, 0.717) is 29.7 Å². The standard InChI is InChI=1S/C27H33ClN2O2S.C6H5Cl.C2H6/c1-3-16-27(2)17-15-24(21-11-13-23(28)14-12-21)30(26(27)31)25(22-9-10-22)18-29-33(32)19-20-7-5-4-6-8-20;7-6-4-2-1-3-5-6;1-2/h3-8,11-14,22,24-25,29H,1,9-10,15-19H2,2H3;1-5H;1-2H3/t24-,25?,27-,33?;;/m0../s1. The Morgan fingerprint density at radius 1 is 0.952 bits per heavy atom. The fourth-order valence-electron chi connectivity index (χ4n) is 5.40. The van der Waals surface area contributed by atoms with Gasteiger partial charge in [0.1, 0.15) is 0 Å². The van der Waals surface area contributed by atoms with Crippen LogP contribution in [0.1, 0.15) is 70.0 Å². The molecule has 3 aromatic rings. The first kappa shape index (κ1) is 34.1. The van der Waals surface area contributed by atoms with Gasteiger partial charge in [0.05, 0.1) is 28.2 Å². The zero-order valence-corrected chi connectivity index (χ0v) is 27.3. The number of halogens is 2. The monoisotopic (exact) mass is 626 g/mol. The summed E-state index contributed by atoms with van der Waals surface area (Å²) in [5.41, 5.74) is 1.71. The van der Waals surface area contributed by atoms with Gasteiger partial charge in [-0.2, -0.15) is 0 Å². The van der Waals surface area contributed by atoms with Crippen LogP contribution in [0.25, 0.3) is 0 Å². The third-order valence-electron chi connectivity index (χ3n) is 7.76. The van der Waals surface area contributed by atoms with Crippen molar-refractivity contribution in [2.24, 2.45) is 11.3 Å². The van der Waals surface area contributed by atoms with E-state index in [1.807, 2.05) is 105 Å². The van der Waals surface area contributed by atoms with Crippen LogP contribution in [0.15, 0.2) is 97.6 Å². The fraction of sp³-hybridized carbons (Fsp3) is 0.400. The Labute approximate surface area is 265 Å². The number of allylic oxidation sites excluding steroid dienone is 1. The lowest BCUT2D eigenvalue weighted by molar-refractivity contribution is -0.153. The van der Waals surface area contributed by atoms with Crippen molar-refractivity contribution >= 4 is 40.1 Å². The third kappa shape index (κ3) is 9.80. The second kappa shape index (κ2) is 17.0. The Hall–Kier alpha value is -2.44. The minimum atomic E-state index is -1.20. The first-order valence-corrected chi connectivity index (χ1v) is 16.9. The minimum absolute atomic E-state index is 0.00242. The van der Waals surface area contributed by atoms with Gasteiger partial charge in [-0.05, 0) is 73.4 Å². The van der Waals surface area contributed by atoms with Crippen molar-refractivity contribution in [3.63, 3.8) is 0 Å². The maximum absolute atomic E-state index is 13.9. The molecule has 0 aromatic heterocycles. The van der Waals surface area contributed by atoms with Crippen molar-refractivity contribution in [3.8, 4) is 0 Å². The van der Waals surface area contributed by atoms with Crippen molar-refractivity contribution < 1.29 is 9.00 Å². The maximum Gasteiger partial charge on any atom is 0.229 e. The number of benzene rings is 3. The van der Waals surface area contributed by atoms with Gasteiger partial charge < -0.3 is 4.90 Å². The summed E-state index contributed by atoms with van der Waals surface area (Å²) in [5.74, 6) is 1.08. The lowest BCUT2D eigenvalue weighted by Gasteiger charge is -2.48. The van der Waals surface area contributed by atoms with E-state index in [2.05, 4.69) is 23.1 Å². The molecule has 0 bridgehead atoms. The zero-order chi connectivity index (χ0) is 30.5. The van der Waals surface area contributed by atoms with Crippen molar-refractivity contribution in [2.45, 2.75) is 70.7 Å². The lowest BCUT2D eigenvalue weighted by atomic mass is 9.74. The van der Waals surface area contributed by atoms with Crippen molar-refractivity contribution in [2.75, 3.05) is 6.54 Å². The molecule has 2 fully saturated rings. The maximum atomic E-state index is 13.9. The van der Waals surface area contributed by atoms with Crippen LogP contribution in [-0.4, -0.2) is 27.6 Å². The summed E-state index contributed by atoms with van der Waals surface area (Å²) >= 11 is 11.7. The van der Waals surface area contributed by atoms with E-state index in [9.17, 15) is 9.00 Å². The van der Waals surface area contributed by atoms with Crippen LogP contribution in [0.5, 0.6) is 0 Å². The van der Waals surface area contributed by atoms with E-state index in [4.69, 9.17) is 23.2 Å². The highest BCUT2D eigenvalue weighted by Gasteiger charge is 2.49. The lowest BCUT2D eigenvalue weighted by Crippen LogP contribution is -2.56. The van der Waals surface area contributed by atoms with Crippen LogP contribution < -0.4 is 4.72 Å². The van der Waals surface area contributed by atoms with Gasteiger partial charge in [0, 0.05) is 22.6 Å². The third-order valence-corrected chi connectivity index (χ3v) is 9.34. The van der Waals surface area contributed by atoms with E-state index in [-0.39, 0.29) is 18.0 Å². The number of hydrogen-bond acceptors (Lipinski definition) is 2. The second-order valence-electron chi connectivity index (χ2n) is 10.9. The van der Waals surface area contributed by atoms with Gasteiger partial charge in [0.2, 0.25) is 5.91 Å². The van der Waals surface area contributed by atoms with Gasteiger partial charge >= 0.3 is 0 Å². The van der Waals surface area contributed by atoms with E-state index in [1.54, 1.807) is 0 Å². The van der Waals surface area contributed by atoms with Crippen molar-refractivity contribution in [1.82, 2.24) is 9.62 Å². The van der Waals surface area contributed by atoms with Crippen molar-refractivity contribution in [3.05, 3.63) is 119 Å². The normalized spacial score (nSPS) is 21.2. The van der Waals surface area contributed by atoms with Crippen LogP contribution in [-0.2, 0) is 21.5 Å². The quantitative estimate of drug-likeness (QED) is 0.228. The minimum Gasteiger partial charge on any atom is -0.331 e. The van der Waals surface area contributed by atoms with Crippen LogP contribution in [0.2, 0.25) is 10.0 Å². The summed E-state index contributed by atoms with van der Waals surface area (Å²) in [6.07, 6.45) is 6.46. The first-order valence-electron chi connectivity index (χ1n) is 14.9. The fourth-order valence-corrected chi connectivity index (χ4v) is 6.62. The SMILES string of the molecule is C=CC[C@@]1(C)CC[C@@H](c2ccc(Cl)cc2)N(C(CNS(=O)Cc2ccccc2)C2CC2)C1=O.CC.Clc1ccccc1. The summed E-state index contributed by atoms with van der Waals surface area (Å²) in [4.78, 5) is 16.1.